The monoisotopic (exact) mass is 342 g/mol. The van der Waals surface area contributed by atoms with Gasteiger partial charge in [0.2, 0.25) is 0 Å². The molecule has 2 rings (SSSR count). The second kappa shape index (κ2) is 7.78. The summed E-state index contributed by atoms with van der Waals surface area (Å²) in [5.41, 5.74) is 4.75. The number of ketones is 1. The Labute approximate surface area is 137 Å². The van der Waals surface area contributed by atoms with Crippen molar-refractivity contribution in [1.82, 2.24) is 0 Å². The number of nitrogens with two attached hydrogens (primary N) is 1. The molecule has 23 heavy (non-hydrogen) atoms. The van der Waals surface area contributed by atoms with E-state index in [4.69, 9.17) is 5.73 Å². The normalized spacial score (nSPS) is 11.7. The number of Topliss-reactive ketones (excluding diaryl/α,β-unsaturated/α-hetero) is 1. The van der Waals surface area contributed by atoms with Crippen molar-refractivity contribution in [3.8, 4) is 0 Å². The van der Waals surface area contributed by atoms with E-state index in [0.29, 0.717) is 0 Å². The minimum atomic E-state index is -4.70. The van der Waals surface area contributed by atoms with Gasteiger partial charge in [0.25, 0.3) is 0 Å². The largest absolute Gasteiger partial charge is 0.429 e. The molecule has 0 bridgehead atoms. The Kier molecular flexibility index (Phi) is 6.33. The average molecular weight is 343 g/mol. The third kappa shape index (κ3) is 5.10. The number of halogens is 4. The molecule has 2 N–H and O–H groups in total. The van der Waals surface area contributed by atoms with Gasteiger partial charge in [-0.1, -0.05) is 42.5 Å². The summed E-state index contributed by atoms with van der Waals surface area (Å²) < 4.78 is 39.3. The Morgan fingerprint density at radius 1 is 1.00 bits per heavy atom. The summed E-state index contributed by atoms with van der Waals surface area (Å²) in [6.45, 7) is 0. The van der Waals surface area contributed by atoms with Crippen LogP contribution in [0.1, 0.15) is 16.8 Å². The first-order chi connectivity index (χ1) is 10.4. The second-order valence-electron chi connectivity index (χ2n) is 4.58. The van der Waals surface area contributed by atoms with E-state index in [1.807, 2.05) is 0 Å². The van der Waals surface area contributed by atoms with Crippen LogP contribution in [0.5, 0.6) is 0 Å². The summed E-state index contributed by atoms with van der Waals surface area (Å²) in [7, 11) is 0. The third-order valence-electron chi connectivity index (χ3n) is 2.94. The lowest BCUT2D eigenvalue weighted by Gasteiger charge is -2.11. The molecule has 0 aromatic heterocycles. The molecule has 0 radical (unpaired) electrons. The summed E-state index contributed by atoms with van der Waals surface area (Å²) in [6, 6.07) is 13.7. The number of nitrogens with zero attached hydrogens (tertiary/aromatic N) is 1. The van der Waals surface area contributed by atoms with Crippen LogP contribution in [0.4, 0.5) is 24.5 Å². The first-order valence-electron chi connectivity index (χ1n) is 6.45. The Morgan fingerprint density at radius 3 is 2.13 bits per heavy atom. The molecule has 0 aliphatic carbocycles. The van der Waals surface area contributed by atoms with Gasteiger partial charge in [0.1, 0.15) is 5.71 Å². The first kappa shape index (κ1) is 18.7. The Bertz CT molecular complexity index is 700. The molecule has 122 valence electrons. The van der Waals surface area contributed by atoms with E-state index >= 15 is 0 Å². The van der Waals surface area contributed by atoms with E-state index in [1.54, 1.807) is 24.3 Å². The molecule has 0 saturated carbocycles. The molecular weight excluding hydrogens is 329 g/mol. The minimum absolute atomic E-state index is 0. The minimum Gasteiger partial charge on any atom is -0.397 e. The summed E-state index contributed by atoms with van der Waals surface area (Å²) in [6.07, 6.45) is -5.53. The van der Waals surface area contributed by atoms with Crippen LogP contribution in [0.3, 0.4) is 0 Å². The molecule has 0 heterocycles. The topological polar surface area (TPSA) is 55.4 Å². The van der Waals surface area contributed by atoms with E-state index in [-0.39, 0.29) is 29.3 Å². The molecule has 3 nitrogen and oxygen atoms in total. The van der Waals surface area contributed by atoms with Crippen LogP contribution in [-0.4, -0.2) is 17.7 Å². The lowest BCUT2D eigenvalue weighted by Crippen LogP contribution is -2.25. The Hall–Kier alpha value is -2.34. The van der Waals surface area contributed by atoms with E-state index in [0.717, 1.165) is 0 Å². The molecule has 2 aromatic carbocycles. The number of aliphatic imine (C=N–C) groups is 1. The molecule has 0 atom stereocenters. The van der Waals surface area contributed by atoms with E-state index in [1.165, 1.54) is 30.3 Å². The van der Waals surface area contributed by atoms with Crippen molar-refractivity contribution in [3.05, 3.63) is 60.2 Å². The van der Waals surface area contributed by atoms with Crippen molar-refractivity contribution in [2.24, 2.45) is 4.99 Å². The predicted octanol–water partition coefficient (Wildman–Crippen LogP) is 4.60. The number of benzene rings is 2. The van der Waals surface area contributed by atoms with Crippen molar-refractivity contribution in [2.45, 2.75) is 12.6 Å². The SMILES string of the molecule is Cl.Nc1ccccc1N=C(CC(=O)c1ccccc1)C(F)(F)F. The molecule has 0 aliphatic rings. The van der Waals surface area contributed by atoms with Crippen LogP contribution in [0.15, 0.2) is 59.6 Å². The standard InChI is InChI=1S/C16H13F3N2O.ClH/c17-16(18,19)15(21-13-9-5-4-8-12(13)20)10-14(22)11-6-2-1-3-7-11;/h1-9H,10,20H2;1H. The highest BCUT2D eigenvalue weighted by atomic mass is 35.5. The van der Waals surface area contributed by atoms with Gasteiger partial charge in [0.05, 0.1) is 17.8 Å². The fraction of sp³-hybridized carbons (Fsp3) is 0.125. The van der Waals surface area contributed by atoms with Gasteiger partial charge in [0.15, 0.2) is 5.78 Å². The number of alkyl halides is 3. The number of para-hydroxylation sites is 2. The molecule has 7 heteroatoms. The zero-order valence-corrected chi connectivity index (χ0v) is 12.7. The highest BCUT2D eigenvalue weighted by Crippen LogP contribution is 2.27. The Balaban J connectivity index is 0.00000264. The number of nitrogen functional groups attached to an aromatic ring is 1. The number of carbonyl (C=O) groups is 1. The summed E-state index contributed by atoms with van der Waals surface area (Å²) in [4.78, 5) is 15.5. The molecular formula is C16H14ClF3N2O. The van der Waals surface area contributed by atoms with Crippen molar-refractivity contribution >= 4 is 35.3 Å². The van der Waals surface area contributed by atoms with Crippen molar-refractivity contribution in [1.29, 1.82) is 0 Å². The first-order valence-corrected chi connectivity index (χ1v) is 6.45. The van der Waals surface area contributed by atoms with Crippen LogP contribution in [0.2, 0.25) is 0 Å². The molecule has 0 unspecified atom stereocenters. The number of rotatable bonds is 4. The van der Waals surface area contributed by atoms with Crippen LogP contribution in [0, 0.1) is 0 Å². The van der Waals surface area contributed by atoms with Gasteiger partial charge in [-0.25, -0.2) is 4.99 Å². The van der Waals surface area contributed by atoms with Crippen molar-refractivity contribution in [2.75, 3.05) is 5.73 Å². The van der Waals surface area contributed by atoms with Gasteiger partial charge < -0.3 is 5.73 Å². The summed E-state index contributed by atoms with van der Waals surface area (Å²) in [5, 5.41) is 0. The Morgan fingerprint density at radius 2 is 1.57 bits per heavy atom. The zero-order valence-electron chi connectivity index (χ0n) is 11.9. The van der Waals surface area contributed by atoms with Gasteiger partial charge in [0, 0.05) is 5.56 Å². The number of carbonyl (C=O) groups excluding carboxylic acids is 1. The third-order valence-corrected chi connectivity index (χ3v) is 2.94. The molecule has 2 aromatic rings. The van der Waals surface area contributed by atoms with Crippen LogP contribution in [-0.2, 0) is 0 Å². The highest BCUT2D eigenvalue weighted by Gasteiger charge is 2.37. The fourth-order valence-electron chi connectivity index (χ4n) is 1.82. The van der Waals surface area contributed by atoms with Gasteiger partial charge >= 0.3 is 6.18 Å². The lowest BCUT2D eigenvalue weighted by molar-refractivity contribution is -0.0601. The molecule has 0 amide bonds. The van der Waals surface area contributed by atoms with E-state index in [2.05, 4.69) is 4.99 Å². The highest BCUT2D eigenvalue weighted by molar-refractivity contribution is 6.12. The van der Waals surface area contributed by atoms with Crippen LogP contribution in [0.25, 0.3) is 0 Å². The van der Waals surface area contributed by atoms with Crippen LogP contribution < -0.4 is 5.73 Å². The maximum absolute atomic E-state index is 13.1. The van der Waals surface area contributed by atoms with Crippen molar-refractivity contribution in [3.63, 3.8) is 0 Å². The zero-order chi connectivity index (χ0) is 16.2. The van der Waals surface area contributed by atoms with E-state index < -0.39 is 24.1 Å². The van der Waals surface area contributed by atoms with E-state index in [9.17, 15) is 18.0 Å². The van der Waals surface area contributed by atoms with Crippen molar-refractivity contribution < 1.29 is 18.0 Å². The maximum atomic E-state index is 13.1. The molecule has 0 saturated heterocycles. The average Bonchev–Trinajstić information content (AvgIpc) is 2.48. The fourth-order valence-corrected chi connectivity index (χ4v) is 1.82. The van der Waals surface area contributed by atoms with Gasteiger partial charge in [-0.2, -0.15) is 13.2 Å². The predicted molar refractivity (Wildman–Crippen MR) is 86.6 cm³/mol. The second-order valence-corrected chi connectivity index (χ2v) is 4.58. The molecule has 0 aliphatic heterocycles. The number of hydrogen-bond donors (Lipinski definition) is 1. The number of anilines is 1. The summed E-state index contributed by atoms with van der Waals surface area (Å²) >= 11 is 0. The molecule has 0 fully saturated rings. The maximum Gasteiger partial charge on any atom is 0.429 e. The van der Waals surface area contributed by atoms with Gasteiger partial charge in [-0.05, 0) is 12.1 Å². The smallest absolute Gasteiger partial charge is 0.397 e. The molecule has 0 spiro atoms. The van der Waals surface area contributed by atoms with Gasteiger partial charge in [-0.3, -0.25) is 4.79 Å². The lowest BCUT2D eigenvalue weighted by atomic mass is 10.1. The quantitative estimate of drug-likeness (QED) is 0.501. The number of hydrogen-bond acceptors (Lipinski definition) is 3. The summed E-state index contributed by atoms with van der Waals surface area (Å²) in [5.74, 6) is -0.647. The van der Waals surface area contributed by atoms with Crippen LogP contribution >= 0.6 is 12.4 Å². The van der Waals surface area contributed by atoms with Gasteiger partial charge in [-0.15, -0.1) is 12.4 Å².